The summed E-state index contributed by atoms with van der Waals surface area (Å²) in [7, 11) is 0. The van der Waals surface area contributed by atoms with E-state index in [1.54, 1.807) is 0 Å². The van der Waals surface area contributed by atoms with Gasteiger partial charge < -0.3 is 4.74 Å². The van der Waals surface area contributed by atoms with E-state index in [4.69, 9.17) is 4.74 Å². The van der Waals surface area contributed by atoms with E-state index in [1.165, 1.54) is 25.1 Å². The summed E-state index contributed by atoms with van der Waals surface area (Å²) in [6, 6.07) is 3.71. The number of nitro benzene ring substituents is 1. The third kappa shape index (κ3) is 3.01. The minimum atomic E-state index is -0.671. The average Bonchev–Trinajstić information content (AvgIpc) is 2.20. The van der Waals surface area contributed by atoms with E-state index in [1.807, 2.05) is 0 Å². The van der Waals surface area contributed by atoms with Crippen molar-refractivity contribution in [2.24, 2.45) is 0 Å². The predicted octanol–water partition coefficient (Wildman–Crippen LogP) is 2.03. The number of non-ortho nitro benzene ring substituents is 1. The molecule has 0 bridgehead atoms. The summed E-state index contributed by atoms with van der Waals surface area (Å²) in [4.78, 5) is 20.6. The number of carbonyl (C=O) groups is 1. The second kappa shape index (κ2) is 5.20. The van der Waals surface area contributed by atoms with Crippen LogP contribution in [-0.4, -0.2) is 17.6 Å². The number of ether oxygens (including phenoxy) is 1. The number of benzene rings is 1. The number of aryl methyl sites for hydroxylation is 1. The Hall–Kier alpha value is -1.98. The molecule has 0 amide bonds. The van der Waals surface area contributed by atoms with Crippen LogP contribution in [0.25, 0.3) is 0 Å². The summed E-state index contributed by atoms with van der Waals surface area (Å²) in [6.07, 6.45) is -0.0235. The fourth-order valence-corrected chi connectivity index (χ4v) is 1.23. The van der Waals surface area contributed by atoms with E-state index in [0.29, 0.717) is 5.56 Å². The zero-order chi connectivity index (χ0) is 12.1. The van der Waals surface area contributed by atoms with E-state index in [-0.39, 0.29) is 17.9 Å². The molecule has 6 heteroatoms. The van der Waals surface area contributed by atoms with E-state index < -0.39 is 17.6 Å². The first kappa shape index (κ1) is 12.1. The first-order valence-electron chi connectivity index (χ1n) is 4.56. The molecular weight excluding hydrogens is 217 g/mol. The molecule has 0 aliphatic heterocycles. The molecule has 0 aliphatic rings. The van der Waals surface area contributed by atoms with Crippen molar-refractivity contribution in [3.63, 3.8) is 0 Å². The van der Waals surface area contributed by atoms with Gasteiger partial charge in [0.15, 0.2) is 0 Å². The van der Waals surface area contributed by atoms with Crippen molar-refractivity contribution in [2.45, 2.75) is 13.3 Å². The lowest BCUT2D eigenvalue weighted by atomic mass is 10.1. The van der Waals surface area contributed by atoms with Gasteiger partial charge in [0.1, 0.15) is 5.75 Å². The van der Waals surface area contributed by atoms with Gasteiger partial charge in [-0.1, -0.05) is 0 Å². The first-order chi connectivity index (χ1) is 7.54. The monoisotopic (exact) mass is 227 g/mol. The summed E-state index contributed by atoms with van der Waals surface area (Å²) >= 11 is 0. The van der Waals surface area contributed by atoms with E-state index >= 15 is 0 Å². The van der Waals surface area contributed by atoms with Crippen molar-refractivity contribution >= 4 is 11.7 Å². The third-order valence-corrected chi connectivity index (χ3v) is 1.87. The number of carbonyl (C=O) groups excluding carboxylic acids is 1. The zero-order valence-corrected chi connectivity index (χ0v) is 8.60. The molecule has 0 fully saturated rings. The highest BCUT2D eigenvalue weighted by Gasteiger charge is 2.12. The van der Waals surface area contributed by atoms with Crippen LogP contribution in [-0.2, 0) is 11.2 Å². The Morgan fingerprint density at radius 2 is 2.25 bits per heavy atom. The van der Waals surface area contributed by atoms with Crippen molar-refractivity contribution < 1.29 is 18.8 Å². The van der Waals surface area contributed by atoms with E-state index in [2.05, 4.69) is 0 Å². The fraction of sp³-hybridized carbons (Fsp3) is 0.300. The molecule has 0 radical (unpaired) electrons. The highest BCUT2D eigenvalue weighted by molar-refractivity contribution is 5.70. The minimum absolute atomic E-state index is 0.0235. The Morgan fingerprint density at radius 1 is 1.56 bits per heavy atom. The van der Waals surface area contributed by atoms with Crippen LogP contribution in [0.15, 0.2) is 18.2 Å². The summed E-state index contributed by atoms with van der Waals surface area (Å²) in [6.45, 7) is 0.538. The number of halogens is 1. The van der Waals surface area contributed by atoms with Gasteiger partial charge in [-0.25, -0.2) is 0 Å². The van der Waals surface area contributed by atoms with Crippen LogP contribution in [0.1, 0.15) is 12.5 Å². The van der Waals surface area contributed by atoms with Gasteiger partial charge in [0, 0.05) is 31.0 Å². The Kier molecular flexibility index (Phi) is 3.93. The maximum atomic E-state index is 12.2. The quantitative estimate of drug-likeness (QED) is 0.341. The maximum absolute atomic E-state index is 12.2. The predicted molar refractivity (Wildman–Crippen MR) is 54.1 cm³/mol. The third-order valence-electron chi connectivity index (χ3n) is 1.87. The van der Waals surface area contributed by atoms with Crippen LogP contribution in [0.5, 0.6) is 5.75 Å². The lowest BCUT2D eigenvalue weighted by Crippen LogP contribution is -2.05. The first-order valence-corrected chi connectivity index (χ1v) is 4.56. The highest BCUT2D eigenvalue weighted by Crippen LogP contribution is 2.24. The lowest BCUT2D eigenvalue weighted by Gasteiger charge is -2.06. The van der Waals surface area contributed by atoms with Crippen LogP contribution in [0, 0.1) is 10.1 Å². The van der Waals surface area contributed by atoms with Crippen molar-refractivity contribution in [1.82, 2.24) is 0 Å². The van der Waals surface area contributed by atoms with Crippen LogP contribution in [0.3, 0.4) is 0 Å². The van der Waals surface area contributed by atoms with Gasteiger partial charge in [0.25, 0.3) is 5.69 Å². The molecule has 86 valence electrons. The summed E-state index contributed by atoms with van der Waals surface area (Å²) in [5.41, 5.74) is 0.159. The zero-order valence-electron chi connectivity index (χ0n) is 8.60. The number of rotatable bonds is 4. The van der Waals surface area contributed by atoms with Gasteiger partial charge in [0.2, 0.25) is 0 Å². The standard InChI is InChI=1S/C10H10FNO4/c1-7(13)16-10-3-2-9(12(14)15)6-8(10)4-5-11/h2-3,6H,4-5H2,1H3. The Balaban J connectivity index is 3.08. The number of nitrogens with zero attached hydrogens (tertiary/aromatic N) is 1. The molecule has 0 heterocycles. The summed E-state index contributed by atoms with van der Waals surface area (Å²) in [5, 5.41) is 10.5. The Labute approximate surface area is 91.0 Å². The number of nitro groups is 1. The molecule has 0 N–H and O–H groups in total. The number of hydrogen-bond donors (Lipinski definition) is 0. The van der Waals surface area contributed by atoms with Gasteiger partial charge in [-0.2, -0.15) is 0 Å². The number of hydrogen-bond acceptors (Lipinski definition) is 4. The van der Waals surface area contributed by atoms with Crippen LogP contribution in [0.4, 0.5) is 10.1 Å². The van der Waals surface area contributed by atoms with Gasteiger partial charge in [-0.3, -0.25) is 19.3 Å². The van der Waals surface area contributed by atoms with E-state index in [0.717, 1.165) is 0 Å². The Bertz CT molecular complexity index is 419. The molecule has 0 spiro atoms. The molecule has 16 heavy (non-hydrogen) atoms. The summed E-state index contributed by atoms with van der Waals surface area (Å²) in [5.74, 6) is -0.385. The largest absolute Gasteiger partial charge is 0.426 e. The molecule has 1 aromatic carbocycles. The molecule has 5 nitrogen and oxygen atoms in total. The van der Waals surface area contributed by atoms with E-state index in [9.17, 15) is 19.3 Å². The topological polar surface area (TPSA) is 69.4 Å². The summed E-state index contributed by atoms with van der Waals surface area (Å²) < 4.78 is 17.0. The number of alkyl halides is 1. The van der Waals surface area contributed by atoms with Gasteiger partial charge in [0.05, 0.1) is 11.6 Å². The van der Waals surface area contributed by atoms with Gasteiger partial charge >= 0.3 is 5.97 Å². The lowest BCUT2D eigenvalue weighted by molar-refractivity contribution is -0.384. The Morgan fingerprint density at radius 3 is 2.75 bits per heavy atom. The molecule has 0 atom stereocenters. The minimum Gasteiger partial charge on any atom is -0.426 e. The van der Waals surface area contributed by atoms with Crippen molar-refractivity contribution in [2.75, 3.05) is 6.67 Å². The molecule has 0 saturated carbocycles. The van der Waals surface area contributed by atoms with Crippen LogP contribution < -0.4 is 4.74 Å². The maximum Gasteiger partial charge on any atom is 0.308 e. The van der Waals surface area contributed by atoms with Crippen LogP contribution >= 0.6 is 0 Å². The van der Waals surface area contributed by atoms with Gasteiger partial charge in [-0.05, 0) is 6.07 Å². The number of esters is 1. The molecule has 0 aliphatic carbocycles. The molecule has 1 rings (SSSR count). The molecule has 0 saturated heterocycles. The van der Waals surface area contributed by atoms with Crippen molar-refractivity contribution in [3.8, 4) is 5.75 Å². The second-order valence-corrected chi connectivity index (χ2v) is 3.08. The molecular formula is C10H10FNO4. The SMILES string of the molecule is CC(=O)Oc1ccc([N+](=O)[O-])cc1CCF. The molecule has 0 aromatic heterocycles. The van der Waals surface area contributed by atoms with Crippen LogP contribution in [0.2, 0.25) is 0 Å². The second-order valence-electron chi connectivity index (χ2n) is 3.08. The fourth-order valence-electron chi connectivity index (χ4n) is 1.23. The smallest absolute Gasteiger partial charge is 0.308 e. The highest BCUT2D eigenvalue weighted by atomic mass is 19.1. The molecule has 0 unspecified atom stereocenters. The molecule has 1 aromatic rings. The van der Waals surface area contributed by atoms with Crippen molar-refractivity contribution in [3.05, 3.63) is 33.9 Å². The normalized spacial score (nSPS) is 9.88. The average molecular weight is 227 g/mol. The van der Waals surface area contributed by atoms with Crippen molar-refractivity contribution in [1.29, 1.82) is 0 Å². The van der Waals surface area contributed by atoms with Gasteiger partial charge in [-0.15, -0.1) is 0 Å².